The number of halogens is 2. The molecule has 3 saturated carbocycles. The van der Waals surface area contributed by atoms with Crippen LogP contribution >= 0.6 is 0 Å². The van der Waals surface area contributed by atoms with Crippen LogP contribution < -0.4 is 5.32 Å². The van der Waals surface area contributed by atoms with Crippen molar-refractivity contribution >= 4 is 17.5 Å². The molecule has 0 radical (unpaired) electrons. The Morgan fingerprint density at radius 2 is 1.94 bits per heavy atom. The number of nitrogens with zero attached hydrogens (tertiary/aromatic N) is 3. The Kier molecular flexibility index (Phi) is 5.02. The molecule has 8 heteroatoms. The number of nitrogens with one attached hydrogen (secondary N) is 1. The number of carbonyl (C=O) groups is 2. The largest absolute Gasteiger partial charge is 0.350 e. The summed E-state index contributed by atoms with van der Waals surface area (Å²) in [5.74, 6) is -1.30. The molecule has 0 spiro atoms. The summed E-state index contributed by atoms with van der Waals surface area (Å²) in [5, 5.41) is 3.10. The predicted octanol–water partition coefficient (Wildman–Crippen LogP) is 4.01. The van der Waals surface area contributed by atoms with Gasteiger partial charge in [0.25, 0.3) is 17.7 Å². The monoisotopic (exact) mass is 444 g/mol. The summed E-state index contributed by atoms with van der Waals surface area (Å²) in [6.07, 6.45) is 4.52. The quantitative estimate of drug-likeness (QED) is 0.775. The van der Waals surface area contributed by atoms with Gasteiger partial charge in [-0.3, -0.25) is 14.0 Å². The molecule has 3 heterocycles. The van der Waals surface area contributed by atoms with E-state index in [1.165, 1.54) is 17.7 Å². The summed E-state index contributed by atoms with van der Waals surface area (Å²) >= 11 is 0. The maximum atomic E-state index is 13.4. The normalized spacial score (nSPS) is 28.2. The third kappa shape index (κ3) is 3.57. The van der Waals surface area contributed by atoms with Gasteiger partial charge in [0.15, 0.2) is 0 Å². The predicted molar refractivity (Wildman–Crippen MR) is 116 cm³/mol. The van der Waals surface area contributed by atoms with Crippen molar-refractivity contribution in [1.82, 2.24) is 19.6 Å². The van der Waals surface area contributed by atoms with Crippen molar-refractivity contribution in [2.24, 2.45) is 23.2 Å². The van der Waals surface area contributed by atoms with Crippen molar-refractivity contribution in [2.45, 2.75) is 51.9 Å². The number of rotatable bonds is 4. The van der Waals surface area contributed by atoms with E-state index in [-0.39, 0.29) is 43.4 Å². The van der Waals surface area contributed by atoms with E-state index in [4.69, 9.17) is 0 Å². The van der Waals surface area contributed by atoms with Crippen LogP contribution in [-0.2, 0) is 0 Å². The van der Waals surface area contributed by atoms with Crippen molar-refractivity contribution in [3.05, 3.63) is 35.8 Å². The van der Waals surface area contributed by atoms with Crippen LogP contribution in [0.1, 0.15) is 66.9 Å². The standard InChI is InChI=1S/C24H30F2N4O2/c1-23(2)16-7-6-15(17(23)12-16)13-27-21(31)19-4-3-5-20-28-18(14-30(19)20)22(32)29-10-8-24(25,26)9-11-29/h3-5,14-17H,6-13H2,1-2H3,(H,27,31)/t15-,16-,17+/m0/s1. The van der Waals surface area contributed by atoms with E-state index in [0.717, 1.165) is 12.3 Å². The lowest BCUT2D eigenvalue weighted by molar-refractivity contribution is -0.103. The number of amides is 2. The topological polar surface area (TPSA) is 66.7 Å². The second-order valence-corrected chi connectivity index (χ2v) is 10.3. The first-order chi connectivity index (χ1) is 15.2. The van der Waals surface area contributed by atoms with Crippen LogP contribution in [-0.4, -0.2) is 51.7 Å². The highest BCUT2D eigenvalue weighted by Crippen LogP contribution is 2.61. The second kappa shape index (κ2) is 7.52. The summed E-state index contributed by atoms with van der Waals surface area (Å²) in [4.78, 5) is 31.6. The van der Waals surface area contributed by atoms with Gasteiger partial charge in [-0.15, -0.1) is 0 Å². The lowest BCUT2D eigenvalue weighted by Crippen LogP contribution is -2.54. The fourth-order valence-electron chi connectivity index (χ4n) is 6.02. The van der Waals surface area contributed by atoms with Crippen LogP contribution in [0.2, 0.25) is 0 Å². The third-order valence-electron chi connectivity index (χ3n) is 8.25. The van der Waals surface area contributed by atoms with Crippen LogP contribution in [0.25, 0.3) is 5.65 Å². The molecule has 3 aliphatic carbocycles. The molecule has 0 aromatic carbocycles. The number of alkyl halides is 2. The van der Waals surface area contributed by atoms with Gasteiger partial charge >= 0.3 is 0 Å². The van der Waals surface area contributed by atoms with E-state index in [1.807, 2.05) is 0 Å². The van der Waals surface area contributed by atoms with Gasteiger partial charge in [0.2, 0.25) is 0 Å². The van der Waals surface area contributed by atoms with E-state index in [9.17, 15) is 18.4 Å². The van der Waals surface area contributed by atoms with Crippen LogP contribution in [0.4, 0.5) is 8.78 Å². The summed E-state index contributed by atoms with van der Waals surface area (Å²) in [7, 11) is 0. The fraction of sp³-hybridized carbons (Fsp3) is 0.625. The van der Waals surface area contributed by atoms with E-state index in [1.54, 1.807) is 28.8 Å². The van der Waals surface area contributed by atoms with Crippen molar-refractivity contribution in [3.8, 4) is 0 Å². The number of aromatic nitrogens is 2. The number of imidazole rings is 1. The molecule has 2 aromatic rings. The molecule has 4 fully saturated rings. The van der Waals surface area contributed by atoms with Crippen molar-refractivity contribution in [1.29, 1.82) is 0 Å². The molecule has 1 saturated heterocycles. The number of carbonyl (C=O) groups excluding carboxylic acids is 2. The van der Waals surface area contributed by atoms with Gasteiger partial charge in [0.1, 0.15) is 17.0 Å². The van der Waals surface area contributed by atoms with Crippen molar-refractivity contribution in [3.63, 3.8) is 0 Å². The Morgan fingerprint density at radius 3 is 2.62 bits per heavy atom. The van der Waals surface area contributed by atoms with Gasteiger partial charge in [-0.2, -0.15) is 0 Å². The highest BCUT2D eigenvalue weighted by Gasteiger charge is 2.53. The molecule has 6 rings (SSSR count). The van der Waals surface area contributed by atoms with Gasteiger partial charge in [-0.05, 0) is 54.6 Å². The van der Waals surface area contributed by atoms with Crippen LogP contribution in [0.5, 0.6) is 0 Å². The molecule has 4 aliphatic rings. The summed E-state index contributed by atoms with van der Waals surface area (Å²) in [6.45, 7) is 5.35. The number of likely N-dealkylation sites (tertiary alicyclic amines) is 1. The molecular formula is C24H30F2N4O2. The molecule has 2 aromatic heterocycles. The lowest BCUT2D eigenvalue weighted by Gasteiger charge is -2.60. The van der Waals surface area contributed by atoms with Gasteiger partial charge in [-0.1, -0.05) is 19.9 Å². The zero-order chi connectivity index (χ0) is 22.7. The van der Waals surface area contributed by atoms with Gasteiger partial charge in [0.05, 0.1) is 0 Å². The molecule has 2 bridgehead atoms. The van der Waals surface area contributed by atoms with Gasteiger partial charge in [0, 0.05) is 38.7 Å². The van der Waals surface area contributed by atoms with Gasteiger partial charge in [-0.25, -0.2) is 13.8 Å². The number of hydrogen-bond acceptors (Lipinski definition) is 3. The van der Waals surface area contributed by atoms with Gasteiger partial charge < -0.3 is 10.2 Å². The zero-order valence-electron chi connectivity index (χ0n) is 18.6. The third-order valence-corrected chi connectivity index (χ3v) is 8.25. The number of pyridine rings is 1. The van der Waals surface area contributed by atoms with Crippen LogP contribution in [0, 0.1) is 23.2 Å². The summed E-state index contributed by atoms with van der Waals surface area (Å²) in [6, 6.07) is 5.19. The Hall–Kier alpha value is -2.51. The van der Waals surface area contributed by atoms with Crippen molar-refractivity contribution < 1.29 is 18.4 Å². The highest BCUT2D eigenvalue weighted by molar-refractivity contribution is 5.95. The molecule has 1 aliphatic heterocycles. The maximum absolute atomic E-state index is 13.4. The number of hydrogen-bond donors (Lipinski definition) is 1. The first kappa shape index (κ1) is 21.3. The number of fused-ring (bicyclic) bond motifs is 3. The van der Waals surface area contributed by atoms with E-state index in [2.05, 4.69) is 24.1 Å². The minimum atomic E-state index is -2.71. The Labute approximate surface area is 186 Å². The van der Waals surface area contributed by atoms with E-state index in [0.29, 0.717) is 35.1 Å². The first-order valence-electron chi connectivity index (χ1n) is 11.6. The zero-order valence-corrected chi connectivity index (χ0v) is 18.6. The van der Waals surface area contributed by atoms with Crippen molar-refractivity contribution in [2.75, 3.05) is 19.6 Å². The molecule has 3 atom stereocenters. The Bertz CT molecular complexity index is 1050. The highest BCUT2D eigenvalue weighted by atomic mass is 19.3. The first-order valence-corrected chi connectivity index (χ1v) is 11.6. The minimum absolute atomic E-state index is 0.00675. The molecule has 1 N–H and O–H groups in total. The Balaban J connectivity index is 1.29. The fourth-order valence-corrected chi connectivity index (χ4v) is 6.02. The van der Waals surface area contributed by atoms with E-state index >= 15 is 0 Å². The Morgan fingerprint density at radius 1 is 1.19 bits per heavy atom. The molecule has 6 nitrogen and oxygen atoms in total. The molecule has 2 amide bonds. The SMILES string of the molecule is CC1(C)[C@H]2CC[C@@H](CNC(=O)c3cccc4nc(C(=O)N5CCC(F)(F)CC5)cn34)[C@H]1C2. The molecule has 32 heavy (non-hydrogen) atoms. The molecule has 0 unspecified atom stereocenters. The second-order valence-electron chi connectivity index (χ2n) is 10.3. The maximum Gasteiger partial charge on any atom is 0.274 e. The van der Waals surface area contributed by atoms with E-state index < -0.39 is 5.92 Å². The average Bonchev–Trinajstić information content (AvgIpc) is 3.21. The summed E-state index contributed by atoms with van der Waals surface area (Å²) < 4.78 is 28.5. The lowest BCUT2D eigenvalue weighted by atomic mass is 9.45. The smallest absolute Gasteiger partial charge is 0.274 e. The van der Waals surface area contributed by atoms with Crippen LogP contribution in [0.15, 0.2) is 24.4 Å². The number of piperidine rings is 1. The minimum Gasteiger partial charge on any atom is -0.350 e. The molecular weight excluding hydrogens is 414 g/mol. The average molecular weight is 445 g/mol. The van der Waals surface area contributed by atoms with Crippen LogP contribution in [0.3, 0.4) is 0 Å². The molecule has 172 valence electrons. The summed E-state index contributed by atoms with van der Waals surface area (Å²) in [5.41, 5.74) is 1.45.